The average Bonchev–Trinajstić information content (AvgIpc) is 2.98. The molecule has 0 aliphatic heterocycles. The Hall–Kier alpha value is -3.83. The van der Waals surface area contributed by atoms with Crippen molar-refractivity contribution in [2.24, 2.45) is 0 Å². The Labute approximate surface area is 236 Å². The lowest BCUT2D eigenvalue weighted by atomic mass is 10.2. The highest BCUT2D eigenvalue weighted by molar-refractivity contribution is 8.76. The number of carbonyl (C=O) groups is 2. The van der Waals surface area contributed by atoms with Crippen LogP contribution in [0.15, 0.2) is 149 Å². The van der Waals surface area contributed by atoms with Gasteiger partial charge in [0.2, 0.25) is 0 Å². The number of benzene rings is 5. The van der Waals surface area contributed by atoms with Crippen molar-refractivity contribution < 1.29 is 19.8 Å². The van der Waals surface area contributed by atoms with Crippen LogP contribution in [0.1, 0.15) is 20.7 Å². The Morgan fingerprint density at radius 1 is 0.436 bits per heavy atom. The number of rotatable bonds is 8. The van der Waals surface area contributed by atoms with Gasteiger partial charge in [-0.05, 0) is 48.1 Å². The molecule has 0 aromatic heterocycles. The minimum Gasteiger partial charge on any atom is -0.478 e. The molecule has 194 valence electrons. The second kappa shape index (κ2) is 14.4. The van der Waals surface area contributed by atoms with Crippen LogP contribution < -0.4 is 15.9 Å². The molecule has 0 radical (unpaired) electrons. The summed E-state index contributed by atoms with van der Waals surface area (Å²) in [6, 6.07) is 45.6. The first-order valence-electron chi connectivity index (χ1n) is 12.0. The summed E-state index contributed by atoms with van der Waals surface area (Å²) in [4.78, 5) is 23.4. The molecule has 4 nitrogen and oxygen atoms in total. The van der Waals surface area contributed by atoms with E-state index in [9.17, 15) is 9.59 Å². The predicted octanol–water partition coefficient (Wildman–Crippen LogP) is 7.33. The maximum absolute atomic E-state index is 11.1. The van der Waals surface area contributed by atoms with Gasteiger partial charge in [-0.25, -0.2) is 9.59 Å². The summed E-state index contributed by atoms with van der Waals surface area (Å²) < 4.78 is 0. The van der Waals surface area contributed by atoms with Gasteiger partial charge in [0, 0.05) is 9.79 Å². The van der Waals surface area contributed by atoms with Gasteiger partial charge in [-0.3, -0.25) is 0 Å². The summed E-state index contributed by atoms with van der Waals surface area (Å²) in [5, 5.41) is 22.4. The molecule has 7 heteroatoms. The van der Waals surface area contributed by atoms with Crippen molar-refractivity contribution in [2.75, 3.05) is 0 Å². The van der Waals surface area contributed by atoms with Gasteiger partial charge in [0.1, 0.15) is 0 Å². The number of hydrogen-bond donors (Lipinski definition) is 2. The van der Waals surface area contributed by atoms with Crippen LogP contribution in [0.25, 0.3) is 0 Å². The second-order valence-electron chi connectivity index (χ2n) is 8.11. The molecular weight excluding hydrogens is 543 g/mol. The quantitative estimate of drug-likeness (QED) is 0.151. The zero-order valence-corrected chi connectivity index (χ0v) is 23.3. The van der Waals surface area contributed by atoms with Crippen LogP contribution in [0.5, 0.6) is 0 Å². The summed E-state index contributed by atoms with van der Waals surface area (Å²) >= 11 is 0. The van der Waals surface area contributed by atoms with Gasteiger partial charge in [0.05, 0.1) is 11.1 Å². The molecule has 2 N–H and O–H groups in total. The molecule has 0 fully saturated rings. The molecule has 0 unspecified atom stereocenters. The first-order chi connectivity index (χ1) is 19.0. The largest absolute Gasteiger partial charge is 0.478 e. The van der Waals surface area contributed by atoms with E-state index in [-0.39, 0.29) is 11.1 Å². The van der Waals surface area contributed by atoms with Crippen LogP contribution in [-0.4, -0.2) is 22.2 Å². The molecule has 39 heavy (non-hydrogen) atoms. The fourth-order valence-corrected chi connectivity index (χ4v) is 8.35. The molecular formula is C32H25O4PS2. The minimum atomic E-state index is -1.000. The third-order valence-electron chi connectivity index (χ3n) is 5.50. The Kier molecular flexibility index (Phi) is 10.4. The number of carboxylic acids is 2. The van der Waals surface area contributed by atoms with Gasteiger partial charge in [-0.2, -0.15) is 0 Å². The van der Waals surface area contributed by atoms with E-state index >= 15 is 0 Å². The van der Waals surface area contributed by atoms with Gasteiger partial charge in [-0.1, -0.05) is 137 Å². The number of carboxylic acid groups (broad SMARTS) is 2. The normalized spacial score (nSPS) is 10.4. The van der Waals surface area contributed by atoms with Crippen molar-refractivity contribution in [1.82, 2.24) is 0 Å². The summed E-state index contributed by atoms with van der Waals surface area (Å²) in [6.45, 7) is 0. The Balaban J connectivity index is 0.000000181. The molecule has 5 rings (SSSR count). The topological polar surface area (TPSA) is 74.6 Å². The summed E-state index contributed by atoms with van der Waals surface area (Å²) in [5.74, 6) is -2.00. The zero-order valence-electron chi connectivity index (χ0n) is 20.8. The highest BCUT2D eigenvalue weighted by Gasteiger charge is 2.15. The van der Waals surface area contributed by atoms with Gasteiger partial charge in [0.15, 0.2) is 0 Å². The lowest BCUT2D eigenvalue weighted by Crippen LogP contribution is -2.20. The fourth-order valence-electron chi connectivity index (χ4n) is 3.70. The third-order valence-corrected chi connectivity index (χ3v) is 10.4. The van der Waals surface area contributed by atoms with Crippen molar-refractivity contribution in [3.63, 3.8) is 0 Å². The maximum atomic E-state index is 11.1. The average molecular weight is 569 g/mol. The van der Waals surface area contributed by atoms with Crippen LogP contribution in [0, 0.1) is 0 Å². The van der Waals surface area contributed by atoms with Crippen LogP contribution in [0.4, 0.5) is 0 Å². The third kappa shape index (κ3) is 7.84. The SMILES string of the molecule is O=C(O)c1ccccc1SSc1ccccc1C(=O)O.c1ccc(P(c2ccccc2)c2ccccc2)cc1. The monoisotopic (exact) mass is 568 g/mol. The van der Waals surface area contributed by atoms with Gasteiger partial charge >= 0.3 is 11.9 Å². The summed E-state index contributed by atoms with van der Waals surface area (Å²) in [7, 11) is 2.02. The molecule has 0 saturated heterocycles. The zero-order chi connectivity index (χ0) is 27.5. The molecule has 0 amide bonds. The van der Waals surface area contributed by atoms with Crippen molar-refractivity contribution in [2.45, 2.75) is 9.79 Å². The van der Waals surface area contributed by atoms with Crippen molar-refractivity contribution >= 4 is 57.4 Å². The minimum absolute atomic E-state index is 0.206. The van der Waals surface area contributed by atoms with Crippen molar-refractivity contribution in [3.05, 3.63) is 151 Å². The Morgan fingerprint density at radius 3 is 1.03 bits per heavy atom. The van der Waals surface area contributed by atoms with E-state index in [4.69, 9.17) is 10.2 Å². The Bertz CT molecular complexity index is 1360. The van der Waals surface area contributed by atoms with Gasteiger partial charge in [0.25, 0.3) is 0 Å². The van der Waals surface area contributed by atoms with E-state index in [1.165, 1.54) is 49.6 Å². The van der Waals surface area contributed by atoms with E-state index in [1.54, 1.807) is 36.4 Å². The molecule has 0 spiro atoms. The molecule has 0 aliphatic rings. The second-order valence-corrected chi connectivity index (χ2v) is 12.5. The highest BCUT2D eigenvalue weighted by atomic mass is 33.1. The van der Waals surface area contributed by atoms with Crippen LogP contribution in [0.2, 0.25) is 0 Å². The Morgan fingerprint density at radius 2 is 0.718 bits per heavy atom. The molecule has 0 aliphatic carbocycles. The first kappa shape index (κ1) is 28.2. The smallest absolute Gasteiger partial charge is 0.336 e. The predicted molar refractivity (Wildman–Crippen MR) is 164 cm³/mol. The van der Waals surface area contributed by atoms with Crippen LogP contribution in [-0.2, 0) is 0 Å². The van der Waals surface area contributed by atoms with Crippen LogP contribution >= 0.6 is 29.5 Å². The summed E-state index contributed by atoms with van der Waals surface area (Å²) in [5.41, 5.74) is 0.413. The van der Waals surface area contributed by atoms with E-state index in [1.807, 2.05) is 0 Å². The van der Waals surface area contributed by atoms with Gasteiger partial charge < -0.3 is 10.2 Å². The first-order valence-corrected chi connectivity index (χ1v) is 15.5. The number of aromatic carboxylic acids is 2. The van der Waals surface area contributed by atoms with E-state index in [0.29, 0.717) is 9.79 Å². The molecule has 0 saturated carbocycles. The maximum Gasteiger partial charge on any atom is 0.336 e. The molecule has 0 heterocycles. The van der Waals surface area contributed by atoms with Gasteiger partial charge in [-0.15, -0.1) is 0 Å². The number of hydrogen-bond acceptors (Lipinski definition) is 4. The van der Waals surface area contributed by atoms with Crippen molar-refractivity contribution in [1.29, 1.82) is 0 Å². The molecule has 5 aromatic rings. The van der Waals surface area contributed by atoms with E-state index in [2.05, 4.69) is 91.0 Å². The highest BCUT2D eigenvalue weighted by Crippen LogP contribution is 2.40. The standard InChI is InChI=1S/C18H15P.C14H10O4S2/c1-4-10-16(11-5-1)19(17-12-6-2-7-13-17)18-14-8-3-9-15-18;15-13(16)9-5-1-3-7-11(9)19-20-12-8-4-2-6-10(12)14(17)18/h1-15H;1-8H,(H,15,16)(H,17,18). The lowest BCUT2D eigenvalue weighted by molar-refractivity contribution is 0.0682. The lowest BCUT2D eigenvalue weighted by Gasteiger charge is -2.18. The van der Waals surface area contributed by atoms with E-state index < -0.39 is 19.9 Å². The van der Waals surface area contributed by atoms with E-state index in [0.717, 1.165) is 0 Å². The summed E-state index contributed by atoms with van der Waals surface area (Å²) in [6.07, 6.45) is 0. The van der Waals surface area contributed by atoms with Crippen LogP contribution in [0.3, 0.4) is 0 Å². The molecule has 5 aromatic carbocycles. The fraction of sp³-hybridized carbons (Fsp3) is 0. The molecule has 0 bridgehead atoms. The van der Waals surface area contributed by atoms with Crippen molar-refractivity contribution in [3.8, 4) is 0 Å². The molecule has 0 atom stereocenters.